The summed E-state index contributed by atoms with van der Waals surface area (Å²) in [5, 5.41) is 14.3. The van der Waals surface area contributed by atoms with E-state index in [0.29, 0.717) is 6.42 Å². The van der Waals surface area contributed by atoms with Gasteiger partial charge in [-0.1, -0.05) is 54.6 Å². The highest BCUT2D eigenvalue weighted by Gasteiger charge is 2.44. The third-order valence-electron chi connectivity index (χ3n) is 3.87. The van der Waals surface area contributed by atoms with E-state index in [-0.39, 0.29) is 6.04 Å². The summed E-state index contributed by atoms with van der Waals surface area (Å²) in [5.41, 5.74) is 2.55. The van der Waals surface area contributed by atoms with Gasteiger partial charge >= 0.3 is 0 Å². The topological polar surface area (TPSA) is 32.3 Å². The second-order valence-electron chi connectivity index (χ2n) is 4.89. The minimum atomic E-state index is -0.848. The molecule has 2 atom stereocenters. The molecule has 92 valence electrons. The van der Waals surface area contributed by atoms with Gasteiger partial charge in [-0.15, -0.1) is 0 Å². The molecule has 0 bridgehead atoms. The second kappa shape index (κ2) is 4.23. The molecule has 0 heterocycles. The zero-order valence-corrected chi connectivity index (χ0v) is 10.4. The number of fused-ring (bicyclic) bond motifs is 1. The van der Waals surface area contributed by atoms with Crippen LogP contribution in [-0.4, -0.2) is 12.2 Å². The first-order chi connectivity index (χ1) is 8.75. The Bertz CT molecular complexity index is 552. The highest BCUT2D eigenvalue weighted by atomic mass is 16.3. The number of benzene rings is 2. The molecule has 2 aromatic rings. The van der Waals surface area contributed by atoms with Gasteiger partial charge in [-0.3, -0.25) is 0 Å². The van der Waals surface area contributed by atoms with E-state index in [1.54, 1.807) is 0 Å². The standard InChI is InChI=1S/C16H17NO/c1-17-15-14-10-6-5-7-12(14)11-16(15,18)13-8-3-2-4-9-13/h2-10,15,17-18H,11H2,1H3/t15-,16-/m0/s1. The van der Waals surface area contributed by atoms with Crippen LogP contribution in [0.5, 0.6) is 0 Å². The van der Waals surface area contributed by atoms with Gasteiger partial charge in [0.25, 0.3) is 0 Å². The predicted molar refractivity (Wildman–Crippen MR) is 72.3 cm³/mol. The second-order valence-corrected chi connectivity index (χ2v) is 4.89. The largest absolute Gasteiger partial charge is 0.383 e. The van der Waals surface area contributed by atoms with Crippen molar-refractivity contribution in [2.75, 3.05) is 7.05 Å². The Morgan fingerprint density at radius 3 is 2.44 bits per heavy atom. The molecule has 0 saturated heterocycles. The van der Waals surface area contributed by atoms with E-state index in [4.69, 9.17) is 0 Å². The molecule has 0 spiro atoms. The summed E-state index contributed by atoms with van der Waals surface area (Å²) in [7, 11) is 1.90. The Balaban J connectivity index is 2.10. The van der Waals surface area contributed by atoms with Crippen LogP contribution in [0.3, 0.4) is 0 Å². The minimum absolute atomic E-state index is 0.0453. The smallest absolute Gasteiger partial charge is 0.113 e. The van der Waals surface area contributed by atoms with Gasteiger partial charge < -0.3 is 10.4 Å². The van der Waals surface area contributed by atoms with Gasteiger partial charge in [-0.25, -0.2) is 0 Å². The molecular formula is C16H17NO. The average molecular weight is 239 g/mol. The first-order valence-corrected chi connectivity index (χ1v) is 6.28. The first-order valence-electron chi connectivity index (χ1n) is 6.28. The summed E-state index contributed by atoms with van der Waals surface area (Å²) in [6.45, 7) is 0. The Kier molecular flexibility index (Phi) is 2.69. The molecule has 0 aromatic heterocycles. The molecule has 2 nitrogen and oxygen atoms in total. The maximum atomic E-state index is 11.1. The van der Waals surface area contributed by atoms with Crippen molar-refractivity contribution in [2.24, 2.45) is 0 Å². The quantitative estimate of drug-likeness (QED) is 0.843. The van der Waals surface area contributed by atoms with E-state index < -0.39 is 5.60 Å². The third kappa shape index (κ3) is 1.57. The number of nitrogens with one attached hydrogen (secondary N) is 1. The van der Waals surface area contributed by atoms with E-state index in [9.17, 15) is 5.11 Å². The van der Waals surface area contributed by atoms with Gasteiger partial charge in [-0.05, 0) is 23.7 Å². The van der Waals surface area contributed by atoms with Crippen LogP contribution in [0.25, 0.3) is 0 Å². The fourth-order valence-corrected chi connectivity index (χ4v) is 3.02. The van der Waals surface area contributed by atoms with Crippen molar-refractivity contribution in [2.45, 2.75) is 18.1 Å². The molecule has 0 saturated carbocycles. The lowest BCUT2D eigenvalue weighted by atomic mass is 9.87. The van der Waals surface area contributed by atoms with Crippen molar-refractivity contribution in [1.82, 2.24) is 5.32 Å². The Hall–Kier alpha value is -1.64. The lowest BCUT2D eigenvalue weighted by Gasteiger charge is -2.30. The highest BCUT2D eigenvalue weighted by molar-refractivity contribution is 5.43. The van der Waals surface area contributed by atoms with E-state index >= 15 is 0 Å². The molecule has 0 amide bonds. The molecule has 0 unspecified atom stereocenters. The number of likely N-dealkylation sites (N-methyl/N-ethyl adjacent to an activating group) is 1. The van der Waals surface area contributed by atoms with Gasteiger partial charge in [0.1, 0.15) is 5.60 Å². The summed E-state index contributed by atoms with van der Waals surface area (Å²) in [5.74, 6) is 0. The molecule has 1 aliphatic carbocycles. The lowest BCUT2D eigenvalue weighted by molar-refractivity contribution is 0.0107. The van der Waals surface area contributed by atoms with Crippen molar-refractivity contribution in [3.05, 3.63) is 71.3 Å². The molecule has 0 aliphatic heterocycles. The summed E-state index contributed by atoms with van der Waals surface area (Å²) in [6, 6.07) is 18.1. The zero-order chi connectivity index (χ0) is 12.6. The summed E-state index contributed by atoms with van der Waals surface area (Å²) in [4.78, 5) is 0. The van der Waals surface area contributed by atoms with Crippen LogP contribution in [0.4, 0.5) is 0 Å². The van der Waals surface area contributed by atoms with Crippen molar-refractivity contribution in [1.29, 1.82) is 0 Å². The molecule has 2 N–H and O–H groups in total. The number of rotatable bonds is 2. The highest BCUT2D eigenvalue weighted by Crippen LogP contribution is 2.45. The van der Waals surface area contributed by atoms with Gasteiger partial charge in [0, 0.05) is 6.42 Å². The number of aliphatic hydroxyl groups is 1. The molecular weight excluding hydrogens is 222 g/mol. The maximum absolute atomic E-state index is 11.1. The zero-order valence-electron chi connectivity index (χ0n) is 10.4. The Morgan fingerprint density at radius 1 is 1.06 bits per heavy atom. The molecule has 2 heteroatoms. The van der Waals surface area contributed by atoms with Crippen LogP contribution in [0.15, 0.2) is 54.6 Å². The van der Waals surface area contributed by atoms with Gasteiger partial charge in [0.2, 0.25) is 0 Å². The van der Waals surface area contributed by atoms with Crippen molar-refractivity contribution in [3.8, 4) is 0 Å². The molecule has 18 heavy (non-hydrogen) atoms. The summed E-state index contributed by atoms with van der Waals surface area (Å²) < 4.78 is 0. The maximum Gasteiger partial charge on any atom is 0.113 e. The third-order valence-corrected chi connectivity index (χ3v) is 3.87. The van der Waals surface area contributed by atoms with Gasteiger partial charge in [-0.2, -0.15) is 0 Å². The van der Waals surface area contributed by atoms with Crippen LogP contribution in [0.1, 0.15) is 22.7 Å². The molecule has 0 fully saturated rings. The van der Waals surface area contributed by atoms with Crippen molar-refractivity contribution >= 4 is 0 Å². The fourth-order valence-electron chi connectivity index (χ4n) is 3.02. The summed E-state index contributed by atoms with van der Waals surface area (Å²) in [6.07, 6.45) is 0.665. The average Bonchev–Trinajstić information content (AvgIpc) is 2.72. The molecule has 0 radical (unpaired) electrons. The van der Waals surface area contributed by atoms with Crippen LogP contribution in [-0.2, 0) is 12.0 Å². The Morgan fingerprint density at radius 2 is 1.72 bits per heavy atom. The minimum Gasteiger partial charge on any atom is -0.383 e. The molecule has 3 rings (SSSR count). The van der Waals surface area contributed by atoms with Crippen LogP contribution >= 0.6 is 0 Å². The van der Waals surface area contributed by atoms with E-state index in [1.807, 2.05) is 49.5 Å². The van der Waals surface area contributed by atoms with E-state index in [0.717, 1.165) is 5.56 Å². The van der Waals surface area contributed by atoms with Crippen LogP contribution in [0, 0.1) is 0 Å². The van der Waals surface area contributed by atoms with E-state index in [2.05, 4.69) is 17.4 Å². The first kappa shape index (κ1) is 11.5. The van der Waals surface area contributed by atoms with Crippen LogP contribution < -0.4 is 5.32 Å². The monoisotopic (exact) mass is 239 g/mol. The summed E-state index contributed by atoms with van der Waals surface area (Å²) >= 11 is 0. The molecule has 2 aromatic carbocycles. The van der Waals surface area contributed by atoms with Crippen LogP contribution in [0.2, 0.25) is 0 Å². The normalized spacial score (nSPS) is 26.0. The fraction of sp³-hybridized carbons (Fsp3) is 0.250. The number of hydrogen-bond acceptors (Lipinski definition) is 2. The lowest BCUT2D eigenvalue weighted by Crippen LogP contribution is -2.37. The Labute approximate surface area is 107 Å². The van der Waals surface area contributed by atoms with Crippen molar-refractivity contribution < 1.29 is 5.11 Å². The number of hydrogen-bond donors (Lipinski definition) is 2. The molecule has 1 aliphatic rings. The van der Waals surface area contributed by atoms with E-state index in [1.165, 1.54) is 11.1 Å². The van der Waals surface area contributed by atoms with Gasteiger partial charge in [0.05, 0.1) is 6.04 Å². The van der Waals surface area contributed by atoms with Gasteiger partial charge in [0.15, 0.2) is 0 Å². The SMILES string of the molecule is CN[C@H]1c2ccccc2C[C@]1(O)c1ccccc1. The predicted octanol–water partition coefficient (Wildman–Crippen LogP) is 2.39. The van der Waals surface area contributed by atoms with Crippen molar-refractivity contribution in [3.63, 3.8) is 0 Å².